The summed E-state index contributed by atoms with van der Waals surface area (Å²) < 4.78 is 3.02. The molecule has 1 aliphatic carbocycles. The van der Waals surface area contributed by atoms with E-state index in [4.69, 9.17) is 0 Å². The highest BCUT2D eigenvalue weighted by Gasteiger charge is 2.20. The van der Waals surface area contributed by atoms with Gasteiger partial charge in [0.15, 0.2) is 0 Å². The summed E-state index contributed by atoms with van der Waals surface area (Å²) in [6, 6.07) is 10.7. The van der Waals surface area contributed by atoms with Gasteiger partial charge in [-0.15, -0.1) is 11.3 Å². The zero-order valence-electron chi connectivity index (χ0n) is 14.9. The predicted molar refractivity (Wildman–Crippen MR) is 107 cm³/mol. The summed E-state index contributed by atoms with van der Waals surface area (Å²) in [7, 11) is 0. The molecule has 0 saturated heterocycles. The summed E-state index contributed by atoms with van der Waals surface area (Å²) in [6.45, 7) is -0.0876. The van der Waals surface area contributed by atoms with Gasteiger partial charge in [-0.2, -0.15) is 0 Å². The molecule has 3 aromatic rings. The van der Waals surface area contributed by atoms with Gasteiger partial charge in [0.1, 0.15) is 11.2 Å². The van der Waals surface area contributed by atoms with E-state index >= 15 is 0 Å². The maximum Gasteiger partial charge on any atom is 0.336 e. The maximum atomic E-state index is 13.1. The fourth-order valence-corrected chi connectivity index (χ4v) is 4.53. The Balaban J connectivity index is 1.74. The van der Waals surface area contributed by atoms with Crippen LogP contribution in [0.25, 0.3) is 15.9 Å². The highest BCUT2D eigenvalue weighted by atomic mass is 32.1. The first-order chi connectivity index (χ1) is 13.1. The fourth-order valence-electron chi connectivity index (χ4n) is 3.71. The number of carbonyl (C=O) groups is 1. The molecule has 4 rings (SSSR count). The lowest BCUT2D eigenvalue weighted by molar-refractivity contribution is -0.122. The quantitative estimate of drug-likeness (QED) is 0.753. The maximum absolute atomic E-state index is 13.1. The van der Waals surface area contributed by atoms with E-state index in [9.17, 15) is 14.4 Å². The summed E-state index contributed by atoms with van der Waals surface area (Å²) in [5.74, 6) is -0.185. The van der Waals surface area contributed by atoms with Gasteiger partial charge in [0, 0.05) is 6.04 Å². The molecule has 6 nitrogen and oxygen atoms in total. The Morgan fingerprint density at radius 3 is 2.56 bits per heavy atom. The molecule has 1 saturated carbocycles. The molecule has 0 unspecified atom stereocenters. The minimum absolute atomic E-state index is 0.0876. The fraction of sp³-hybridized carbons (Fsp3) is 0.350. The molecule has 1 N–H and O–H groups in total. The monoisotopic (exact) mass is 383 g/mol. The Hall–Kier alpha value is -2.67. The number of hydrogen-bond acceptors (Lipinski definition) is 4. The smallest absolute Gasteiger partial charge is 0.336 e. The number of carbonyl (C=O) groups excluding carboxylic acids is 1. The Labute approximate surface area is 160 Å². The van der Waals surface area contributed by atoms with E-state index in [0.717, 1.165) is 30.3 Å². The molecule has 0 atom stereocenters. The number of benzene rings is 1. The average Bonchev–Trinajstić information content (AvgIpc) is 3.17. The number of hydrogen-bond donors (Lipinski definition) is 1. The zero-order chi connectivity index (χ0) is 18.8. The number of para-hydroxylation sites is 1. The standard InChI is InChI=1S/C20H21N3O3S/c24-17(21-14-7-3-1-4-8-14)13-22-16-11-12-27-18(16)19(25)23(20(22)26)15-9-5-2-6-10-15/h2,5-6,9-12,14H,1,3-4,7-8,13H2,(H,21,24). The SMILES string of the molecule is O=C(Cn1c(=O)n(-c2ccccc2)c(=O)c2sccc21)NC1CCCCC1. The van der Waals surface area contributed by atoms with E-state index in [1.54, 1.807) is 35.7 Å². The number of nitrogens with one attached hydrogen (secondary N) is 1. The van der Waals surface area contributed by atoms with Crippen molar-refractivity contribution in [3.05, 3.63) is 62.6 Å². The van der Waals surface area contributed by atoms with Crippen molar-refractivity contribution in [3.8, 4) is 5.69 Å². The third-order valence-corrected chi connectivity index (χ3v) is 5.93. The highest BCUT2D eigenvalue weighted by Crippen LogP contribution is 2.18. The van der Waals surface area contributed by atoms with Gasteiger partial charge in [0.25, 0.3) is 5.56 Å². The largest absolute Gasteiger partial charge is 0.352 e. The van der Waals surface area contributed by atoms with Crippen LogP contribution in [-0.2, 0) is 11.3 Å². The van der Waals surface area contributed by atoms with Crippen LogP contribution in [0.2, 0.25) is 0 Å². The van der Waals surface area contributed by atoms with Crippen molar-refractivity contribution < 1.29 is 4.79 Å². The molecular formula is C20H21N3O3S. The minimum atomic E-state index is -0.490. The second-order valence-electron chi connectivity index (χ2n) is 6.88. The molecule has 1 fully saturated rings. The molecule has 0 radical (unpaired) electrons. The summed E-state index contributed by atoms with van der Waals surface area (Å²) in [5.41, 5.74) is 0.182. The van der Waals surface area contributed by atoms with Crippen LogP contribution in [-0.4, -0.2) is 21.1 Å². The van der Waals surface area contributed by atoms with Gasteiger partial charge in [-0.25, -0.2) is 9.36 Å². The molecular weight excluding hydrogens is 362 g/mol. The van der Waals surface area contributed by atoms with Crippen LogP contribution in [0.1, 0.15) is 32.1 Å². The number of fused-ring (bicyclic) bond motifs is 1. The lowest BCUT2D eigenvalue weighted by atomic mass is 9.95. The Morgan fingerprint density at radius 1 is 1.07 bits per heavy atom. The van der Waals surface area contributed by atoms with Crippen molar-refractivity contribution >= 4 is 27.5 Å². The molecule has 7 heteroatoms. The van der Waals surface area contributed by atoms with Gasteiger partial charge in [0.2, 0.25) is 5.91 Å². The number of nitrogens with zero attached hydrogens (tertiary/aromatic N) is 2. The third kappa shape index (κ3) is 3.47. The summed E-state index contributed by atoms with van der Waals surface area (Å²) >= 11 is 1.28. The van der Waals surface area contributed by atoms with E-state index in [0.29, 0.717) is 15.9 Å². The van der Waals surface area contributed by atoms with Crippen LogP contribution in [0.3, 0.4) is 0 Å². The molecule has 1 amide bonds. The predicted octanol–water partition coefficient (Wildman–Crippen LogP) is 2.66. The van der Waals surface area contributed by atoms with E-state index in [1.165, 1.54) is 22.3 Å². The Kier molecular flexibility index (Phi) is 4.94. The van der Waals surface area contributed by atoms with Crippen molar-refractivity contribution in [2.75, 3.05) is 0 Å². The zero-order valence-corrected chi connectivity index (χ0v) is 15.7. The summed E-state index contributed by atoms with van der Waals surface area (Å²) in [5, 5.41) is 4.82. The summed E-state index contributed by atoms with van der Waals surface area (Å²) in [4.78, 5) is 38.5. The van der Waals surface area contributed by atoms with Crippen molar-refractivity contribution in [2.45, 2.75) is 44.7 Å². The van der Waals surface area contributed by atoms with E-state index in [-0.39, 0.29) is 24.1 Å². The molecule has 0 aliphatic heterocycles. The van der Waals surface area contributed by atoms with E-state index in [1.807, 2.05) is 6.07 Å². The molecule has 140 valence electrons. The van der Waals surface area contributed by atoms with Crippen molar-refractivity contribution in [1.29, 1.82) is 0 Å². The van der Waals surface area contributed by atoms with Crippen molar-refractivity contribution in [1.82, 2.24) is 14.5 Å². The van der Waals surface area contributed by atoms with Gasteiger partial charge >= 0.3 is 5.69 Å². The van der Waals surface area contributed by atoms with Crippen molar-refractivity contribution in [2.24, 2.45) is 0 Å². The highest BCUT2D eigenvalue weighted by molar-refractivity contribution is 7.17. The first-order valence-corrected chi connectivity index (χ1v) is 10.1. The number of amides is 1. The van der Waals surface area contributed by atoms with Crippen molar-refractivity contribution in [3.63, 3.8) is 0 Å². The van der Waals surface area contributed by atoms with Gasteiger partial charge < -0.3 is 5.32 Å². The molecule has 2 heterocycles. The van der Waals surface area contributed by atoms with Gasteiger partial charge in [-0.3, -0.25) is 14.2 Å². The normalized spacial score (nSPS) is 15.1. The molecule has 0 bridgehead atoms. The first-order valence-electron chi connectivity index (χ1n) is 9.23. The van der Waals surface area contributed by atoms with Crippen LogP contribution in [0, 0.1) is 0 Å². The summed E-state index contributed by atoms with van der Waals surface area (Å²) in [6.07, 6.45) is 5.43. The van der Waals surface area contributed by atoms with Crippen LogP contribution in [0.4, 0.5) is 0 Å². The van der Waals surface area contributed by atoms with Gasteiger partial charge in [0.05, 0.1) is 11.2 Å². The second kappa shape index (κ2) is 7.52. The van der Waals surface area contributed by atoms with Gasteiger partial charge in [-0.1, -0.05) is 37.5 Å². The Morgan fingerprint density at radius 2 is 1.81 bits per heavy atom. The number of rotatable bonds is 4. The minimum Gasteiger partial charge on any atom is -0.352 e. The third-order valence-electron chi connectivity index (χ3n) is 5.04. The van der Waals surface area contributed by atoms with Crippen LogP contribution in [0.5, 0.6) is 0 Å². The van der Waals surface area contributed by atoms with E-state index < -0.39 is 5.69 Å². The van der Waals surface area contributed by atoms with E-state index in [2.05, 4.69) is 5.32 Å². The molecule has 0 spiro atoms. The molecule has 1 aliphatic rings. The second-order valence-corrected chi connectivity index (χ2v) is 7.80. The van der Waals surface area contributed by atoms with Gasteiger partial charge in [-0.05, 0) is 36.4 Å². The average molecular weight is 383 g/mol. The lowest BCUT2D eigenvalue weighted by Crippen LogP contribution is -2.43. The molecule has 27 heavy (non-hydrogen) atoms. The first kappa shape index (κ1) is 17.7. The molecule has 1 aromatic carbocycles. The van der Waals surface area contributed by atoms with Crippen LogP contribution >= 0.6 is 11.3 Å². The number of thiophene rings is 1. The lowest BCUT2D eigenvalue weighted by Gasteiger charge is -2.23. The number of aromatic nitrogens is 2. The topological polar surface area (TPSA) is 73.1 Å². The Bertz CT molecular complexity index is 1080. The molecule has 2 aromatic heterocycles. The van der Waals surface area contributed by atoms with Crippen LogP contribution < -0.4 is 16.6 Å². The van der Waals surface area contributed by atoms with Crippen LogP contribution in [0.15, 0.2) is 51.4 Å².